The molecule has 3 heterocycles. The number of hydrogen-bond donors (Lipinski definition) is 1. The van der Waals surface area contributed by atoms with Crippen molar-refractivity contribution in [3.05, 3.63) is 22.9 Å². The van der Waals surface area contributed by atoms with Crippen LogP contribution in [0, 0.1) is 0 Å². The molecule has 0 aromatic carbocycles. The number of thiazole rings is 1. The van der Waals surface area contributed by atoms with E-state index in [1.165, 1.54) is 21.9 Å². The molecule has 1 N–H and O–H groups in total. The van der Waals surface area contributed by atoms with E-state index in [2.05, 4.69) is 19.3 Å². The van der Waals surface area contributed by atoms with Crippen molar-refractivity contribution in [3.8, 4) is 0 Å². The van der Waals surface area contributed by atoms with Crippen LogP contribution in [0.2, 0.25) is 5.15 Å². The highest BCUT2D eigenvalue weighted by atomic mass is 35.5. The van der Waals surface area contributed by atoms with Gasteiger partial charge in [0.1, 0.15) is 5.00 Å². The fraction of sp³-hybridized carbons (Fsp3) is 0. The average Bonchev–Trinajstić information content (AvgIpc) is 2.92. The van der Waals surface area contributed by atoms with Crippen LogP contribution in [0.1, 0.15) is 0 Å². The monoisotopic (exact) mass is 321 g/mol. The molecule has 0 atom stereocenters. The molecular formula is C7H4ClN5O2S3. The average molecular weight is 322 g/mol. The van der Waals surface area contributed by atoms with Gasteiger partial charge in [-0.15, -0.1) is 16.4 Å². The third-order valence-electron chi connectivity index (χ3n) is 2.03. The van der Waals surface area contributed by atoms with Gasteiger partial charge < -0.3 is 0 Å². The van der Waals surface area contributed by atoms with Crippen molar-refractivity contribution in [2.45, 2.75) is 5.03 Å². The topological polar surface area (TPSA) is 89.2 Å². The van der Waals surface area contributed by atoms with Crippen LogP contribution in [0.15, 0.2) is 22.8 Å². The first-order valence-electron chi connectivity index (χ1n) is 4.49. The van der Waals surface area contributed by atoms with Gasteiger partial charge in [-0.2, -0.15) is 8.42 Å². The summed E-state index contributed by atoms with van der Waals surface area (Å²) in [5.74, 6) is 0. The predicted octanol–water partition coefficient (Wildman–Crippen LogP) is 1.70. The third kappa shape index (κ3) is 1.86. The van der Waals surface area contributed by atoms with Crippen LogP contribution < -0.4 is 4.72 Å². The lowest BCUT2D eigenvalue weighted by Crippen LogP contribution is -2.14. The molecular weight excluding hydrogens is 318 g/mol. The summed E-state index contributed by atoms with van der Waals surface area (Å²) in [6.07, 6.45) is 2.92. The highest BCUT2D eigenvalue weighted by molar-refractivity contribution is 7.93. The van der Waals surface area contributed by atoms with Gasteiger partial charge in [0.05, 0.1) is 6.20 Å². The second kappa shape index (κ2) is 4.16. The molecule has 3 rings (SSSR count). The number of anilines is 1. The standard InChI is InChI=1S/C7H4ClN5O2S3/c8-5-6(13-1-2-16-7(13)10-5)18(14,15)11-4-3-9-12-17-4/h1-3,11H. The van der Waals surface area contributed by atoms with Crippen molar-refractivity contribution in [1.82, 2.24) is 19.0 Å². The predicted molar refractivity (Wildman–Crippen MR) is 68.8 cm³/mol. The van der Waals surface area contributed by atoms with Crippen molar-refractivity contribution in [3.63, 3.8) is 0 Å². The Labute approximate surface area is 114 Å². The normalized spacial score (nSPS) is 12.1. The number of nitrogens with one attached hydrogen (secondary N) is 1. The number of sulfonamides is 1. The van der Waals surface area contributed by atoms with Gasteiger partial charge in [0.25, 0.3) is 10.0 Å². The molecule has 18 heavy (non-hydrogen) atoms. The van der Waals surface area contributed by atoms with E-state index >= 15 is 0 Å². The first-order valence-corrected chi connectivity index (χ1v) is 8.00. The van der Waals surface area contributed by atoms with E-state index in [9.17, 15) is 8.42 Å². The Morgan fingerprint density at radius 1 is 1.44 bits per heavy atom. The molecule has 0 radical (unpaired) electrons. The summed E-state index contributed by atoms with van der Waals surface area (Å²) >= 11 is 8.10. The van der Waals surface area contributed by atoms with Gasteiger partial charge in [-0.05, 0) is 0 Å². The van der Waals surface area contributed by atoms with E-state index in [-0.39, 0.29) is 10.2 Å². The summed E-state index contributed by atoms with van der Waals surface area (Å²) in [7, 11) is -3.81. The van der Waals surface area contributed by atoms with Crippen molar-refractivity contribution < 1.29 is 8.42 Å². The minimum absolute atomic E-state index is 0.0631. The second-order valence-electron chi connectivity index (χ2n) is 3.15. The zero-order valence-electron chi connectivity index (χ0n) is 8.44. The van der Waals surface area contributed by atoms with Crippen LogP contribution in [0.3, 0.4) is 0 Å². The highest BCUT2D eigenvalue weighted by Crippen LogP contribution is 2.27. The van der Waals surface area contributed by atoms with Crippen molar-refractivity contribution in [2.75, 3.05) is 4.72 Å². The maximum atomic E-state index is 12.2. The SMILES string of the molecule is O=S(=O)(Nc1cnns1)c1c(Cl)nc2sccn12. The maximum Gasteiger partial charge on any atom is 0.281 e. The fourth-order valence-corrected chi connectivity index (χ4v) is 4.51. The molecule has 0 unspecified atom stereocenters. The largest absolute Gasteiger partial charge is 0.281 e. The van der Waals surface area contributed by atoms with Gasteiger partial charge in [-0.3, -0.25) is 9.12 Å². The number of imidazole rings is 1. The third-order valence-corrected chi connectivity index (χ3v) is 5.26. The van der Waals surface area contributed by atoms with E-state index in [0.29, 0.717) is 9.96 Å². The lowest BCUT2D eigenvalue weighted by Gasteiger charge is -2.03. The van der Waals surface area contributed by atoms with E-state index in [1.807, 2.05) is 0 Å². The van der Waals surface area contributed by atoms with Gasteiger partial charge in [0, 0.05) is 23.1 Å². The van der Waals surface area contributed by atoms with E-state index in [1.54, 1.807) is 11.6 Å². The summed E-state index contributed by atoms with van der Waals surface area (Å²) in [4.78, 5) is 4.49. The number of fused-ring (bicyclic) bond motifs is 1. The van der Waals surface area contributed by atoms with Crippen LogP contribution in [-0.2, 0) is 10.0 Å². The number of nitrogens with zero attached hydrogens (tertiary/aromatic N) is 4. The van der Waals surface area contributed by atoms with E-state index in [4.69, 9.17) is 11.6 Å². The Morgan fingerprint density at radius 3 is 3.00 bits per heavy atom. The summed E-state index contributed by atoms with van der Waals surface area (Å²) in [5, 5.41) is 5.44. The van der Waals surface area contributed by atoms with Gasteiger partial charge >= 0.3 is 0 Å². The molecule has 3 aromatic rings. The Kier molecular flexibility index (Phi) is 2.73. The zero-order valence-corrected chi connectivity index (χ0v) is 11.6. The van der Waals surface area contributed by atoms with Crippen molar-refractivity contribution in [2.24, 2.45) is 0 Å². The molecule has 0 bridgehead atoms. The second-order valence-corrected chi connectivity index (χ2v) is 6.77. The summed E-state index contributed by atoms with van der Waals surface area (Å²) in [6.45, 7) is 0. The molecule has 94 valence electrons. The van der Waals surface area contributed by atoms with Crippen LogP contribution in [0.5, 0.6) is 0 Å². The number of rotatable bonds is 3. The summed E-state index contributed by atoms with van der Waals surface area (Å²) in [6, 6.07) is 0. The Bertz CT molecular complexity index is 790. The molecule has 0 aliphatic heterocycles. The molecule has 0 amide bonds. The molecule has 0 saturated heterocycles. The zero-order chi connectivity index (χ0) is 12.8. The number of hydrogen-bond acceptors (Lipinski definition) is 7. The highest BCUT2D eigenvalue weighted by Gasteiger charge is 2.25. The number of halogens is 1. The van der Waals surface area contributed by atoms with Crippen LogP contribution in [-0.4, -0.2) is 27.4 Å². The summed E-state index contributed by atoms with van der Waals surface area (Å²) in [5.41, 5.74) is 0. The Morgan fingerprint density at radius 2 is 2.28 bits per heavy atom. The van der Waals surface area contributed by atoms with E-state index < -0.39 is 10.0 Å². The minimum Gasteiger partial charge on any atom is -0.278 e. The summed E-state index contributed by atoms with van der Waals surface area (Å²) < 4.78 is 31.7. The lowest BCUT2D eigenvalue weighted by atomic mass is 10.9. The molecule has 0 fully saturated rings. The molecule has 0 saturated carbocycles. The van der Waals surface area contributed by atoms with Gasteiger partial charge in [-0.1, -0.05) is 16.1 Å². The lowest BCUT2D eigenvalue weighted by molar-refractivity contribution is 0.597. The van der Waals surface area contributed by atoms with Crippen molar-refractivity contribution in [1.29, 1.82) is 0 Å². The minimum atomic E-state index is -3.81. The first-order chi connectivity index (χ1) is 8.58. The quantitative estimate of drug-likeness (QED) is 0.793. The smallest absolute Gasteiger partial charge is 0.278 e. The first kappa shape index (κ1) is 11.8. The van der Waals surface area contributed by atoms with Gasteiger partial charge in [0.2, 0.25) is 0 Å². The molecule has 7 nitrogen and oxygen atoms in total. The van der Waals surface area contributed by atoms with Crippen LogP contribution in [0.25, 0.3) is 4.96 Å². The molecule has 11 heteroatoms. The fourth-order valence-electron chi connectivity index (χ4n) is 1.37. The van der Waals surface area contributed by atoms with Gasteiger partial charge in [0.15, 0.2) is 15.1 Å². The van der Waals surface area contributed by atoms with E-state index in [0.717, 1.165) is 11.5 Å². The Hall–Kier alpha value is -1.23. The molecule has 0 aliphatic rings. The molecule has 0 aliphatic carbocycles. The maximum absolute atomic E-state index is 12.2. The van der Waals surface area contributed by atoms with Crippen LogP contribution in [0.4, 0.5) is 5.00 Å². The molecule has 3 aromatic heterocycles. The molecule has 0 spiro atoms. The van der Waals surface area contributed by atoms with Crippen LogP contribution >= 0.6 is 34.5 Å². The van der Waals surface area contributed by atoms with Crippen molar-refractivity contribution >= 4 is 54.5 Å². The van der Waals surface area contributed by atoms with Gasteiger partial charge in [-0.25, -0.2) is 4.98 Å². The Balaban J connectivity index is 2.13. The number of aromatic nitrogens is 4.